The Morgan fingerprint density at radius 1 is 1.42 bits per heavy atom. The van der Waals surface area contributed by atoms with Gasteiger partial charge in [-0.2, -0.15) is 0 Å². The zero-order valence-electron chi connectivity index (χ0n) is 11.3. The predicted molar refractivity (Wildman–Crippen MR) is 74.6 cm³/mol. The van der Waals surface area contributed by atoms with Crippen LogP contribution in [-0.2, 0) is 0 Å². The van der Waals surface area contributed by atoms with E-state index in [1.807, 2.05) is 0 Å². The zero-order chi connectivity index (χ0) is 13.5. The highest BCUT2D eigenvalue weighted by Crippen LogP contribution is 2.46. The van der Waals surface area contributed by atoms with E-state index in [9.17, 15) is 4.79 Å². The molecule has 1 saturated heterocycles. The van der Waals surface area contributed by atoms with Gasteiger partial charge in [0, 0.05) is 18.5 Å². The van der Waals surface area contributed by atoms with Crippen molar-refractivity contribution in [2.24, 2.45) is 5.41 Å². The molecule has 2 fully saturated rings. The van der Waals surface area contributed by atoms with Crippen molar-refractivity contribution in [1.29, 1.82) is 0 Å². The van der Waals surface area contributed by atoms with Crippen molar-refractivity contribution in [3.05, 3.63) is 16.1 Å². The molecule has 0 radical (unpaired) electrons. The van der Waals surface area contributed by atoms with Crippen LogP contribution in [0.5, 0.6) is 0 Å². The van der Waals surface area contributed by atoms with Crippen LogP contribution in [0.4, 0.5) is 0 Å². The molecule has 0 bridgehead atoms. The maximum Gasteiger partial charge on any atom is 0.355 e. The summed E-state index contributed by atoms with van der Waals surface area (Å²) < 4.78 is 0. The van der Waals surface area contributed by atoms with E-state index in [4.69, 9.17) is 5.11 Å². The summed E-state index contributed by atoms with van der Waals surface area (Å²) in [4.78, 5) is 17.5. The summed E-state index contributed by atoms with van der Waals surface area (Å²) in [6.07, 6.45) is 6.89. The molecule has 0 amide bonds. The number of carboxylic acids is 1. The van der Waals surface area contributed by atoms with Crippen LogP contribution in [0.1, 0.15) is 60.6 Å². The van der Waals surface area contributed by atoms with Crippen molar-refractivity contribution < 1.29 is 9.90 Å². The Kier molecular flexibility index (Phi) is 3.35. The maximum absolute atomic E-state index is 10.9. The molecule has 2 aliphatic rings. The third-order valence-electron chi connectivity index (χ3n) is 4.64. The Hall–Kier alpha value is -0.940. The molecule has 1 aromatic rings. The number of likely N-dealkylation sites (tertiary alicyclic amines) is 1. The number of nitrogens with zero attached hydrogens (tertiary/aromatic N) is 2. The third kappa shape index (κ3) is 2.41. The average Bonchev–Trinajstić information content (AvgIpc) is 2.85. The Balaban J connectivity index is 1.62. The SMILES string of the molecule is CC(c1nc(C(=O)O)cs1)N1CC2(CCCCC2)C1. The van der Waals surface area contributed by atoms with Gasteiger partial charge in [-0.15, -0.1) is 11.3 Å². The van der Waals surface area contributed by atoms with Gasteiger partial charge in [0.2, 0.25) is 0 Å². The first-order chi connectivity index (χ1) is 9.10. The molecule has 1 aliphatic heterocycles. The van der Waals surface area contributed by atoms with Crippen molar-refractivity contribution >= 4 is 17.3 Å². The molecule has 4 nitrogen and oxygen atoms in total. The average molecular weight is 280 g/mol. The molecule has 1 spiro atoms. The van der Waals surface area contributed by atoms with E-state index in [1.54, 1.807) is 5.38 Å². The minimum absolute atomic E-state index is 0.180. The van der Waals surface area contributed by atoms with Crippen LogP contribution in [0.2, 0.25) is 0 Å². The first-order valence-corrected chi connectivity index (χ1v) is 7.90. The molecule has 19 heavy (non-hydrogen) atoms. The lowest BCUT2D eigenvalue weighted by atomic mass is 9.68. The molecular weight excluding hydrogens is 260 g/mol. The first-order valence-electron chi connectivity index (χ1n) is 7.02. The van der Waals surface area contributed by atoms with Crippen molar-refractivity contribution in [2.75, 3.05) is 13.1 Å². The molecule has 1 atom stereocenters. The second-order valence-corrected chi connectivity index (χ2v) is 6.91. The Morgan fingerprint density at radius 2 is 2.11 bits per heavy atom. The van der Waals surface area contributed by atoms with Gasteiger partial charge in [0.15, 0.2) is 5.69 Å². The highest BCUT2D eigenvalue weighted by molar-refractivity contribution is 7.09. The molecule has 3 rings (SSSR count). The Bertz CT molecular complexity index is 472. The molecule has 0 aromatic carbocycles. The molecular formula is C14H20N2O2S. The number of hydrogen-bond acceptors (Lipinski definition) is 4. The molecule has 2 heterocycles. The lowest BCUT2D eigenvalue weighted by molar-refractivity contribution is -0.0517. The summed E-state index contributed by atoms with van der Waals surface area (Å²) in [7, 11) is 0. The smallest absolute Gasteiger partial charge is 0.355 e. The van der Waals surface area contributed by atoms with E-state index in [2.05, 4.69) is 16.8 Å². The van der Waals surface area contributed by atoms with Gasteiger partial charge in [0.25, 0.3) is 0 Å². The number of carbonyl (C=O) groups is 1. The van der Waals surface area contributed by atoms with Gasteiger partial charge >= 0.3 is 5.97 Å². The fourth-order valence-electron chi connectivity index (χ4n) is 3.44. The topological polar surface area (TPSA) is 53.4 Å². The Labute approximate surface area is 117 Å². The molecule has 1 aliphatic carbocycles. The van der Waals surface area contributed by atoms with Crippen LogP contribution in [-0.4, -0.2) is 34.0 Å². The lowest BCUT2D eigenvalue weighted by Gasteiger charge is -2.54. The highest BCUT2D eigenvalue weighted by atomic mass is 32.1. The summed E-state index contributed by atoms with van der Waals surface area (Å²) in [6.45, 7) is 4.46. The van der Waals surface area contributed by atoms with Crippen LogP contribution in [0.25, 0.3) is 0 Å². The lowest BCUT2D eigenvalue weighted by Crippen LogP contribution is -2.57. The van der Waals surface area contributed by atoms with Crippen molar-refractivity contribution in [1.82, 2.24) is 9.88 Å². The second kappa shape index (κ2) is 4.87. The molecule has 104 valence electrons. The number of aromatic carboxylic acids is 1. The van der Waals surface area contributed by atoms with Crippen LogP contribution in [0.3, 0.4) is 0 Å². The molecule has 1 N–H and O–H groups in total. The number of hydrogen-bond donors (Lipinski definition) is 1. The summed E-state index contributed by atoms with van der Waals surface area (Å²) in [6, 6.07) is 0.255. The van der Waals surface area contributed by atoms with E-state index in [0.29, 0.717) is 5.41 Å². The van der Waals surface area contributed by atoms with Crippen molar-refractivity contribution in [2.45, 2.75) is 45.1 Å². The van der Waals surface area contributed by atoms with Crippen LogP contribution >= 0.6 is 11.3 Å². The normalized spacial score (nSPS) is 24.1. The van der Waals surface area contributed by atoms with Crippen LogP contribution in [0, 0.1) is 5.41 Å². The van der Waals surface area contributed by atoms with Gasteiger partial charge < -0.3 is 5.11 Å². The first kappa shape index (κ1) is 13.1. The standard InChI is InChI=1S/C14H20N2O2S/c1-10(12-15-11(7-19-12)13(17)18)16-8-14(9-16)5-3-2-4-6-14/h7,10H,2-6,8-9H2,1H3,(H,17,18). The molecule has 5 heteroatoms. The van der Waals surface area contributed by atoms with E-state index in [0.717, 1.165) is 18.1 Å². The summed E-state index contributed by atoms with van der Waals surface area (Å²) >= 11 is 1.47. The summed E-state index contributed by atoms with van der Waals surface area (Å²) in [5.41, 5.74) is 0.749. The number of carboxylic acid groups (broad SMARTS) is 1. The number of thiazole rings is 1. The summed E-state index contributed by atoms with van der Waals surface area (Å²) in [5.74, 6) is -0.929. The van der Waals surface area contributed by atoms with E-state index in [1.165, 1.54) is 43.4 Å². The fraction of sp³-hybridized carbons (Fsp3) is 0.714. The van der Waals surface area contributed by atoms with Gasteiger partial charge in [-0.05, 0) is 25.2 Å². The third-order valence-corrected chi connectivity index (χ3v) is 5.65. The molecule has 1 unspecified atom stereocenters. The van der Waals surface area contributed by atoms with Gasteiger partial charge in [-0.1, -0.05) is 19.3 Å². The largest absolute Gasteiger partial charge is 0.476 e. The van der Waals surface area contributed by atoms with Crippen molar-refractivity contribution in [3.63, 3.8) is 0 Å². The minimum Gasteiger partial charge on any atom is -0.476 e. The monoisotopic (exact) mass is 280 g/mol. The molecule has 1 saturated carbocycles. The van der Waals surface area contributed by atoms with Crippen LogP contribution < -0.4 is 0 Å². The van der Waals surface area contributed by atoms with Gasteiger partial charge in [0.05, 0.1) is 6.04 Å². The highest BCUT2D eigenvalue weighted by Gasteiger charge is 2.45. The fourth-order valence-corrected chi connectivity index (χ4v) is 4.32. The van der Waals surface area contributed by atoms with Gasteiger partial charge in [-0.25, -0.2) is 9.78 Å². The van der Waals surface area contributed by atoms with E-state index in [-0.39, 0.29) is 11.7 Å². The van der Waals surface area contributed by atoms with Crippen LogP contribution in [0.15, 0.2) is 5.38 Å². The van der Waals surface area contributed by atoms with Crippen molar-refractivity contribution in [3.8, 4) is 0 Å². The zero-order valence-corrected chi connectivity index (χ0v) is 12.1. The Morgan fingerprint density at radius 3 is 2.68 bits per heavy atom. The van der Waals surface area contributed by atoms with E-state index >= 15 is 0 Å². The predicted octanol–water partition coefficient (Wildman–Crippen LogP) is 3.17. The summed E-state index contributed by atoms with van der Waals surface area (Å²) in [5, 5.41) is 11.5. The minimum atomic E-state index is -0.929. The van der Waals surface area contributed by atoms with Gasteiger partial charge in [0.1, 0.15) is 5.01 Å². The molecule has 1 aromatic heterocycles. The maximum atomic E-state index is 10.9. The number of aromatic nitrogens is 1. The number of rotatable bonds is 3. The van der Waals surface area contributed by atoms with Gasteiger partial charge in [-0.3, -0.25) is 4.90 Å². The quantitative estimate of drug-likeness (QED) is 0.924. The second-order valence-electron chi connectivity index (χ2n) is 6.02. The van der Waals surface area contributed by atoms with E-state index < -0.39 is 5.97 Å².